The summed E-state index contributed by atoms with van der Waals surface area (Å²) < 4.78 is 5.41. The number of benzene rings is 1. The highest BCUT2D eigenvalue weighted by molar-refractivity contribution is 5.45. The summed E-state index contributed by atoms with van der Waals surface area (Å²) in [5.74, 6) is 0.651. The van der Waals surface area contributed by atoms with Crippen molar-refractivity contribution in [2.75, 3.05) is 18.5 Å². The van der Waals surface area contributed by atoms with Gasteiger partial charge in [-0.25, -0.2) is 0 Å². The van der Waals surface area contributed by atoms with Gasteiger partial charge in [-0.2, -0.15) is 10.2 Å². The van der Waals surface area contributed by atoms with Gasteiger partial charge in [0.05, 0.1) is 12.2 Å². The molecule has 1 aliphatic heterocycles. The smallest absolute Gasteiger partial charge is 0.0821 e. The summed E-state index contributed by atoms with van der Waals surface area (Å²) in [6, 6.07) is 12.6. The Labute approximate surface area is 119 Å². The third-order valence-electron chi connectivity index (χ3n) is 3.70. The van der Waals surface area contributed by atoms with E-state index in [0.717, 1.165) is 37.4 Å². The van der Waals surface area contributed by atoms with Crippen LogP contribution in [-0.2, 0) is 11.3 Å². The number of nitrogens with one attached hydrogen (secondary N) is 1. The lowest BCUT2D eigenvalue weighted by molar-refractivity contribution is 0.0853. The van der Waals surface area contributed by atoms with Crippen molar-refractivity contribution in [3.05, 3.63) is 53.9 Å². The standard InChI is InChI=1S/C16H19N3O/c1-2-16(19-18-9-1)12-17-15-5-3-13(4-6-15)14-7-10-20-11-8-14/h1-6,9,14,17H,7-8,10-12H2. The van der Waals surface area contributed by atoms with Crippen molar-refractivity contribution >= 4 is 5.69 Å². The third kappa shape index (κ3) is 3.33. The highest BCUT2D eigenvalue weighted by atomic mass is 16.5. The summed E-state index contributed by atoms with van der Waals surface area (Å²) in [5, 5.41) is 11.3. The van der Waals surface area contributed by atoms with E-state index in [0.29, 0.717) is 12.5 Å². The lowest BCUT2D eigenvalue weighted by Gasteiger charge is -2.22. The minimum absolute atomic E-state index is 0.651. The fourth-order valence-corrected chi connectivity index (χ4v) is 2.52. The normalized spacial score (nSPS) is 16.0. The van der Waals surface area contributed by atoms with Crippen LogP contribution in [0.5, 0.6) is 0 Å². The van der Waals surface area contributed by atoms with Crippen LogP contribution in [0.25, 0.3) is 0 Å². The van der Waals surface area contributed by atoms with Crippen molar-refractivity contribution in [1.29, 1.82) is 0 Å². The van der Waals surface area contributed by atoms with E-state index in [1.807, 2.05) is 12.1 Å². The van der Waals surface area contributed by atoms with Crippen LogP contribution in [0.15, 0.2) is 42.6 Å². The largest absolute Gasteiger partial charge is 0.381 e. The Kier molecular flexibility index (Phi) is 4.23. The average Bonchev–Trinajstić information content (AvgIpc) is 2.55. The number of anilines is 1. The van der Waals surface area contributed by atoms with Crippen LogP contribution in [0, 0.1) is 0 Å². The van der Waals surface area contributed by atoms with Crippen LogP contribution in [0.4, 0.5) is 5.69 Å². The van der Waals surface area contributed by atoms with Gasteiger partial charge in [0.25, 0.3) is 0 Å². The molecule has 2 heterocycles. The molecule has 1 aromatic heterocycles. The molecule has 0 atom stereocenters. The van der Waals surface area contributed by atoms with E-state index in [-0.39, 0.29) is 0 Å². The zero-order valence-electron chi connectivity index (χ0n) is 11.5. The first kappa shape index (κ1) is 13.1. The minimum Gasteiger partial charge on any atom is -0.381 e. The molecule has 0 spiro atoms. The average molecular weight is 269 g/mol. The molecular weight excluding hydrogens is 250 g/mol. The van der Waals surface area contributed by atoms with Gasteiger partial charge in [0.2, 0.25) is 0 Å². The zero-order chi connectivity index (χ0) is 13.6. The minimum atomic E-state index is 0.651. The van der Waals surface area contributed by atoms with Crippen LogP contribution < -0.4 is 5.32 Å². The number of aromatic nitrogens is 2. The highest BCUT2D eigenvalue weighted by Gasteiger charge is 2.15. The Morgan fingerprint density at radius 2 is 1.90 bits per heavy atom. The molecule has 104 valence electrons. The lowest BCUT2D eigenvalue weighted by Crippen LogP contribution is -2.14. The van der Waals surface area contributed by atoms with Gasteiger partial charge in [-0.15, -0.1) is 0 Å². The van der Waals surface area contributed by atoms with Gasteiger partial charge >= 0.3 is 0 Å². The molecule has 0 saturated carbocycles. The second-order valence-corrected chi connectivity index (χ2v) is 5.08. The molecule has 2 aromatic rings. The van der Waals surface area contributed by atoms with Gasteiger partial charge in [-0.3, -0.25) is 0 Å². The molecule has 0 radical (unpaired) electrons. The molecule has 4 heteroatoms. The monoisotopic (exact) mass is 269 g/mol. The molecule has 0 bridgehead atoms. The quantitative estimate of drug-likeness (QED) is 0.927. The van der Waals surface area contributed by atoms with E-state index in [1.165, 1.54) is 5.56 Å². The molecule has 20 heavy (non-hydrogen) atoms. The molecule has 1 N–H and O–H groups in total. The Morgan fingerprint density at radius 3 is 2.60 bits per heavy atom. The van der Waals surface area contributed by atoms with Crippen LogP contribution in [0.2, 0.25) is 0 Å². The Hall–Kier alpha value is -1.94. The molecule has 1 saturated heterocycles. The van der Waals surface area contributed by atoms with Crippen molar-refractivity contribution < 1.29 is 4.74 Å². The van der Waals surface area contributed by atoms with Crippen molar-refractivity contribution in [3.8, 4) is 0 Å². The fraction of sp³-hybridized carbons (Fsp3) is 0.375. The third-order valence-corrected chi connectivity index (χ3v) is 3.70. The van der Waals surface area contributed by atoms with E-state index in [9.17, 15) is 0 Å². The Balaban J connectivity index is 1.58. The first-order valence-corrected chi connectivity index (χ1v) is 7.10. The molecule has 4 nitrogen and oxygen atoms in total. The SMILES string of the molecule is c1cnnc(CNc2ccc(C3CCOCC3)cc2)c1. The maximum Gasteiger partial charge on any atom is 0.0821 e. The summed E-state index contributed by atoms with van der Waals surface area (Å²) >= 11 is 0. The topological polar surface area (TPSA) is 47.0 Å². The van der Waals surface area contributed by atoms with E-state index >= 15 is 0 Å². The molecule has 0 unspecified atom stereocenters. The summed E-state index contributed by atoms with van der Waals surface area (Å²) in [6.07, 6.45) is 3.95. The maximum absolute atomic E-state index is 5.41. The van der Waals surface area contributed by atoms with Gasteiger partial charge < -0.3 is 10.1 Å². The summed E-state index contributed by atoms with van der Waals surface area (Å²) in [4.78, 5) is 0. The molecule has 3 rings (SSSR count). The van der Waals surface area contributed by atoms with E-state index < -0.39 is 0 Å². The van der Waals surface area contributed by atoms with Crippen molar-refractivity contribution in [2.45, 2.75) is 25.3 Å². The molecule has 1 aromatic carbocycles. The number of ether oxygens (including phenoxy) is 1. The van der Waals surface area contributed by atoms with E-state index in [2.05, 4.69) is 39.8 Å². The zero-order valence-corrected chi connectivity index (χ0v) is 11.5. The second kappa shape index (κ2) is 6.48. The highest BCUT2D eigenvalue weighted by Crippen LogP contribution is 2.27. The lowest BCUT2D eigenvalue weighted by atomic mass is 9.92. The van der Waals surface area contributed by atoms with Crippen LogP contribution >= 0.6 is 0 Å². The van der Waals surface area contributed by atoms with Gasteiger partial charge in [-0.1, -0.05) is 12.1 Å². The van der Waals surface area contributed by atoms with Gasteiger partial charge in [0.15, 0.2) is 0 Å². The van der Waals surface area contributed by atoms with E-state index in [1.54, 1.807) is 6.20 Å². The van der Waals surface area contributed by atoms with Crippen molar-refractivity contribution in [3.63, 3.8) is 0 Å². The molecule has 1 fully saturated rings. The maximum atomic E-state index is 5.41. The summed E-state index contributed by atoms with van der Waals surface area (Å²) in [6.45, 7) is 2.47. The molecule has 0 aliphatic carbocycles. The number of rotatable bonds is 4. The molecule has 1 aliphatic rings. The Morgan fingerprint density at radius 1 is 1.10 bits per heavy atom. The first-order valence-electron chi connectivity index (χ1n) is 7.10. The summed E-state index contributed by atoms with van der Waals surface area (Å²) in [5.41, 5.74) is 3.48. The number of hydrogen-bond donors (Lipinski definition) is 1. The Bertz CT molecular complexity index is 521. The van der Waals surface area contributed by atoms with Crippen LogP contribution in [0.1, 0.15) is 30.0 Å². The van der Waals surface area contributed by atoms with Crippen molar-refractivity contribution in [2.24, 2.45) is 0 Å². The second-order valence-electron chi connectivity index (χ2n) is 5.08. The van der Waals surface area contributed by atoms with Gasteiger partial charge in [-0.05, 0) is 48.6 Å². The van der Waals surface area contributed by atoms with Crippen LogP contribution in [0.3, 0.4) is 0 Å². The van der Waals surface area contributed by atoms with Gasteiger partial charge in [0.1, 0.15) is 0 Å². The summed E-state index contributed by atoms with van der Waals surface area (Å²) in [7, 11) is 0. The number of nitrogens with zero attached hydrogens (tertiary/aromatic N) is 2. The fourth-order valence-electron chi connectivity index (χ4n) is 2.52. The van der Waals surface area contributed by atoms with E-state index in [4.69, 9.17) is 4.74 Å². The molecule has 0 amide bonds. The number of hydrogen-bond acceptors (Lipinski definition) is 4. The molecular formula is C16H19N3O. The van der Waals surface area contributed by atoms with Crippen molar-refractivity contribution in [1.82, 2.24) is 10.2 Å². The first-order chi connectivity index (χ1) is 9.92. The van der Waals surface area contributed by atoms with Crippen LogP contribution in [-0.4, -0.2) is 23.4 Å². The predicted molar refractivity (Wildman–Crippen MR) is 78.6 cm³/mol. The van der Waals surface area contributed by atoms with Gasteiger partial charge in [0, 0.05) is 25.1 Å². The predicted octanol–water partition coefficient (Wildman–Crippen LogP) is 2.98.